The Hall–Kier alpha value is -1.71. The van der Waals surface area contributed by atoms with Gasteiger partial charge >= 0.3 is 0 Å². The van der Waals surface area contributed by atoms with Crippen LogP contribution in [-0.4, -0.2) is 23.9 Å². The third-order valence-electron chi connectivity index (χ3n) is 3.25. The fourth-order valence-electron chi connectivity index (χ4n) is 2.32. The molecule has 0 bridgehead atoms. The summed E-state index contributed by atoms with van der Waals surface area (Å²) < 4.78 is 0. The quantitative estimate of drug-likeness (QED) is 0.725. The summed E-state index contributed by atoms with van der Waals surface area (Å²) in [6.45, 7) is 3.82. The Kier molecular flexibility index (Phi) is 3.22. The Balaban J connectivity index is 2.18. The number of anilines is 2. The van der Waals surface area contributed by atoms with Gasteiger partial charge < -0.3 is 16.4 Å². The molecule has 1 fully saturated rings. The molecule has 0 saturated carbocycles. The minimum atomic E-state index is 0.0223. The zero-order chi connectivity index (χ0) is 12.4. The Morgan fingerprint density at radius 3 is 2.82 bits per heavy atom. The highest BCUT2D eigenvalue weighted by atomic mass is 16.2. The van der Waals surface area contributed by atoms with Gasteiger partial charge in [-0.05, 0) is 37.0 Å². The van der Waals surface area contributed by atoms with Crippen molar-refractivity contribution in [1.29, 1.82) is 0 Å². The summed E-state index contributed by atoms with van der Waals surface area (Å²) in [7, 11) is 0. The number of nitrogens with zero attached hydrogens (tertiary/aromatic N) is 1. The number of nitrogens with two attached hydrogens (primary N) is 2. The van der Waals surface area contributed by atoms with Crippen molar-refractivity contribution in [3.63, 3.8) is 0 Å². The highest BCUT2D eigenvalue weighted by molar-refractivity contribution is 5.99. The van der Waals surface area contributed by atoms with Gasteiger partial charge in [-0.2, -0.15) is 0 Å². The zero-order valence-electron chi connectivity index (χ0n) is 10.1. The van der Waals surface area contributed by atoms with Crippen LogP contribution in [0.5, 0.6) is 0 Å². The van der Waals surface area contributed by atoms with Crippen molar-refractivity contribution in [2.24, 2.45) is 5.92 Å². The molecule has 1 unspecified atom stereocenters. The lowest BCUT2D eigenvalue weighted by Gasteiger charge is -2.31. The van der Waals surface area contributed by atoms with Crippen molar-refractivity contribution in [1.82, 2.24) is 4.90 Å². The van der Waals surface area contributed by atoms with E-state index in [1.807, 2.05) is 4.90 Å². The van der Waals surface area contributed by atoms with Crippen LogP contribution in [0, 0.1) is 5.92 Å². The number of likely N-dealkylation sites (tertiary alicyclic amines) is 1. The van der Waals surface area contributed by atoms with E-state index in [1.165, 1.54) is 6.42 Å². The normalized spacial score (nSPS) is 20.3. The number of hydrogen-bond donors (Lipinski definition) is 2. The molecule has 0 aliphatic carbocycles. The number of amides is 1. The van der Waals surface area contributed by atoms with Crippen LogP contribution in [0.25, 0.3) is 0 Å². The summed E-state index contributed by atoms with van der Waals surface area (Å²) in [6, 6.07) is 5.07. The van der Waals surface area contributed by atoms with Gasteiger partial charge in [0.1, 0.15) is 0 Å². The monoisotopic (exact) mass is 233 g/mol. The van der Waals surface area contributed by atoms with E-state index in [0.29, 0.717) is 22.9 Å². The van der Waals surface area contributed by atoms with Crippen LogP contribution in [0.4, 0.5) is 11.4 Å². The number of rotatable bonds is 1. The van der Waals surface area contributed by atoms with Crippen molar-refractivity contribution >= 4 is 17.3 Å². The van der Waals surface area contributed by atoms with Crippen LogP contribution in [0.2, 0.25) is 0 Å². The van der Waals surface area contributed by atoms with E-state index in [4.69, 9.17) is 11.5 Å². The molecule has 1 aliphatic rings. The molecule has 4 nitrogen and oxygen atoms in total. The maximum Gasteiger partial charge on any atom is 0.255 e. The number of carbonyl (C=O) groups is 1. The predicted octanol–water partition coefficient (Wildman–Crippen LogP) is 1.72. The minimum absolute atomic E-state index is 0.0223. The molecule has 1 aliphatic heterocycles. The van der Waals surface area contributed by atoms with Crippen LogP contribution >= 0.6 is 0 Å². The van der Waals surface area contributed by atoms with E-state index < -0.39 is 0 Å². The lowest BCUT2D eigenvalue weighted by molar-refractivity contribution is 0.0684. The Morgan fingerprint density at radius 2 is 2.18 bits per heavy atom. The molecule has 0 spiro atoms. The molecular formula is C13H19N3O. The van der Waals surface area contributed by atoms with Gasteiger partial charge in [0, 0.05) is 24.5 Å². The van der Waals surface area contributed by atoms with Gasteiger partial charge in [0.15, 0.2) is 0 Å². The fourth-order valence-corrected chi connectivity index (χ4v) is 2.32. The van der Waals surface area contributed by atoms with E-state index in [2.05, 4.69) is 6.92 Å². The Bertz CT molecular complexity index is 431. The maximum absolute atomic E-state index is 12.3. The van der Waals surface area contributed by atoms with E-state index in [9.17, 15) is 4.79 Å². The molecule has 92 valence electrons. The van der Waals surface area contributed by atoms with Gasteiger partial charge in [0.2, 0.25) is 0 Å². The molecule has 4 heteroatoms. The third-order valence-corrected chi connectivity index (χ3v) is 3.25. The second kappa shape index (κ2) is 4.65. The summed E-state index contributed by atoms with van der Waals surface area (Å²) in [6.07, 6.45) is 2.27. The third kappa shape index (κ3) is 2.52. The largest absolute Gasteiger partial charge is 0.399 e. The van der Waals surface area contributed by atoms with Crippen LogP contribution in [0.3, 0.4) is 0 Å². The predicted molar refractivity (Wildman–Crippen MR) is 69.6 cm³/mol. The van der Waals surface area contributed by atoms with Crippen molar-refractivity contribution in [2.45, 2.75) is 19.8 Å². The number of hydrogen-bond acceptors (Lipinski definition) is 3. The molecule has 1 aromatic rings. The van der Waals surface area contributed by atoms with Gasteiger partial charge in [-0.3, -0.25) is 4.79 Å². The molecule has 1 saturated heterocycles. The van der Waals surface area contributed by atoms with Gasteiger partial charge in [-0.15, -0.1) is 0 Å². The van der Waals surface area contributed by atoms with Gasteiger partial charge in [0.25, 0.3) is 5.91 Å². The fraction of sp³-hybridized carbons (Fsp3) is 0.462. The highest BCUT2D eigenvalue weighted by Gasteiger charge is 2.23. The second-order valence-corrected chi connectivity index (χ2v) is 4.85. The van der Waals surface area contributed by atoms with Crippen LogP contribution in [-0.2, 0) is 0 Å². The standard InChI is InChI=1S/C13H19N3O/c1-9-3-2-6-16(8-9)13(17)11-5-4-10(14)7-12(11)15/h4-5,7,9H,2-3,6,8,14-15H2,1H3. The SMILES string of the molecule is CC1CCCN(C(=O)c2ccc(N)cc2N)C1. The first-order valence-corrected chi connectivity index (χ1v) is 6.02. The molecule has 0 radical (unpaired) electrons. The number of piperidine rings is 1. The maximum atomic E-state index is 12.3. The number of benzene rings is 1. The number of nitrogen functional groups attached to an aromatic ring is 2. The Morgan fingerprint density at radius 1 is 1.41 bits per heavy atom. The molecule has 4 N–H and O–H groups in total. The minimum Gasteiger partial charge on any atom is -0.399 e. The summed E-state index contributed by atoms with van der Waals surface area (Å²) >= 11 is 0. The summed E-state index contributed by atoms with van der Waals surface area (Å²) in [5.41, 5.74) is 13.1. The first-order chi connectivity index (χ1) is 8.08. The van der Waals surface area contributed by atoms with Gasteiger partial charge in [0.05, 0.1) is 5.56 Å². The molecule has 17 heavy (non-hydrogen) atoms. The van der Waals surface area contributed by atoms with Gasteiger partial charge in [-0.25, -0.2) is 0 Å². The van der Waals surface area contributed by atoms with Crippen molar-refractivity contribution in [3.05, 3.63) is 23.8 Å². The van der Waals surface area contributed by atoms with Gasteiger partial charge in [-0.1, -0.05) is 6.92 Å². The van der Waals surface area contributed by atoms with E-state index in [1.54, 1.807) is 18.2 Å². The van der Waals surface area contributed by atoms with Crippen molar-refractivity contribution in [3.8, 4) is 0 Å². The first kappa shape index (κ1) is 11.8. The molecular weight excluding hydrogens is 214 g/mol. The average molecular weight is 233 g/mol. The first-order valence-electron chi connectivity index (χ1n) is 6.02. The zero-order valence-corrected chi connectivity index (χ0v) is 10.1. The summed E-state index contributed by atoms with van der Waals surface area (Å²) in [4.78, 5) is 14.2. The lowest BCUT2D eigenvalue weighted by Crippen LogP contribution is -2.39. The highest BCUT2D eigenvalue weighted by Crippen LogP contribution is 2.21. The molecule has 2 rings (SSSR count). The van der Waals surface area contributed by atoms with E-state index >= 15 is 0 Å². The average Bonchev–Trinajstić information content (AvgIpc) is 2.28. The molecule has 1 heterocycles. The summed E-state index contributed by atoms with van der Waals surface area (Å²) in [5.74, 6) is 0.594. The molecule has 0 aromatic heterocycles. The lowest BCUT2D eigenvalue weighted by atomic mass is 9.99. The molecule has 1 aromatic carbocycles. The molecule has 1 atom stereocenters. The smallest absolute Gasteiger partial charge is 0.255 e. The van der Waals surface area contributed by atoms with Crippen LogP contribution in [0.1, 0.15) is 30.1 Å². The van der Waals surface area contributed by atoms with E-state index in [0.717, 1.165) is 19.5 Å². The Labute approximate surface area is 102 Å². The van der Waals surface area contributed by atoms with Crippen LogP contribution in [0.15, 0.2) is 18.2 Å². The topological polar surface area (TPSA) is 72.3 Å². The summed E-state index contributed by atoms with van der Waals surface area (Å²) in [5, 5.41) is 0. The van der Waals surface area contributed by atoms with Crippen molar-refractivity contribution in [2.75, 3.05) is 24.6 Å². The number of carbonyl (C=O) groups excluding carboxylic acids is 1. The van der Waals surface area contributed by atoms with Crippen molar-refractivity contribution < 1.29 is 4.79 Å². The van der Waals surface area contributed by atoms with Crippen LogP contribution < -0.4 is 11.5 Å². The molecule has 1 amide bonds. The van der Waals surface area contributed by atoms with E-state index in [-0.39, 0.29) is 5.91 Å². The second-order valence-electron chi connectivity index (χ2n) is 4.85.